The topological polar surface area (TPSA) is 0 Å². The van der Waals surface area contributed by atoms with Crippen molar-refractivity contribution in [2.45, 2.75) is 4.90 Å². The molecule has 0 bridgehead atoms. The van der Waals surface area contributed by atoms with Gasteiger partial charge in [-0.05, 0) is 18.4 Å². The largest absolute Gasteiger partial charge is 0.207 e. The molecule has 11 heavy (non-hydrogen) atoms. The minimum Gasteiger partial charge on any atom is -0.207 e. The predicted octanol–water partition coefficient (Wildman–Crippen LogP) is 3.33. The van der Waals surface area contributed by atoms with Crippen molar-refractivity contribution >= 4 is 21.6 Å². The summed E-state index contributed by atoms with van der Waals surface area (Å²) in [5, 5.41) is 0. The minimum atomic E-state index is -0.526. The summed E-state index contributed by atoms with van der Waals surface area (Å²) in [5.74, 6) is -1.05. The van der Waals surface area contributed by atoms with Crippen molar-refractivity contribution in [2.24, 2.45) is 0 Å². The van der Waals surface area contributed by atoms with E-state index in [0.29, 0.717) is 4.90 Å². The van der Waals surface area contributed by atoms with Gasteiger partial charge >= 0.3 is 0 Å². The van der Waals surface area contributed by atoms with E-state index in [1.54, 1.807) is 0 Å². The first kappa shape index (κ1) is 8.87. The fourth-order valence-electron chi connectivity index (χ4n) is 0.673. The Morgan fingerprint density at radius 1 is 1.09 bits per heavy atom. The predicted molar refractivity (Wildman–Crippen MR) is 45.7 cm³/mol. The van der Waals surface area contributed by atoms with Crippen LogP contribution in [0.1, 0.15) is 0 Å². The second kappa shape index (κ2) is 3.97. The Morgan fingerprint density at radius 2 is 1.64 bits per heavy atom. The van der Waals surface area contributed by atoms with E-state index in [1.165, 1.54) is 33.7 Å². The van der Waals surface area contributed by atoms with Gasteiger partial charge in [-0.1, -0.05) is 21.6 Å². The molecular weight excluding hydrogens is 186 g/mol. The Hall–Kier alpha value is -0.220. The van der Waals surface area contributed by atoms with Crippen molar-refractivity contribution in [2.75, 3.05) is 6.26 Å². The molecule has 0 aliphatic carbocycles. The average Bonchev–Trinajstić information content (AvgIpc) is 1.85. The molecule has 0 saturated carbocycles. The fourth-order valence-corrected chi connectivity index (χ4v) is 2.05. The summed E-state index contributed by atoms with van der Waals surface area (Å²) in [5.41, 5.74) is 0. The van der Waals surface area contributed by atoms with Crippen molar-refractivity contribution in [3.05, 3.63) is 29.8 Å². The van der Waals surface area contributed by atoms with E-state index in [4.69, 9.17) is 0 Å². The maximum atomic E-state index is 12.5. The molecule has 0 spiro atoms. The van der Waals surface area contributed by atoms with E-state index < -0.39 is 11.6 Å². The lowest BCUT2D eigenvalue weighted by atomic mass is 10.3. The highest BCUT2D eigenvalue weighted by molar-refractivity contribution is 8.76. The molecule has 4 heteroatoms. The van der Waals surface area contributed by atoms with Crippen LogP contribution in [-0.4, -0.2) is 6.26 Å². The highest BCUT2D eigenvalue weighted by Gasteiger charge is 1.99. The molecule has 0 N–H and O–H groups in total. The first-order chi connectivity index (χ1) is 5.22. The van der Waals surface area contributed by atoms with Gasteiger partial charge in [0.25, 0.3) is 0 Å². The molecule has 1 aromatic rings. The van der Waals surface area contributed by atoms with Gasteiger partial charge in [-0.2, -0.15) is 0 Å². The van der Waals surface area contributed by atoms with Crippen LogP contribution in [0.3, 0.4) is 0 Å². The molecule has 0 aliphatic rings. The highest BCUT2D eigenvalue weighted by atomic mass is 33.1. The maximum Gasteiger partial charge on any atom is 0.127 e. The minimum absolute atomic E-state index is 0.526. The van der Waals surface area contributed by atoms with Gasteiger partial charge in [0, 0.05) is 11.0 Å². The standard InChI is InChI=1S/C7H6F2S2/c1-10-11-7-3-5(8)2-6(9)4-7/h2-4H,1H3. The van der Waals surface area contributed by atoms with E-state index in [9.17, 15) is 8.78 Å². The van der Waals surface area contributed by atoms with Crippen LogP contribution in [0.15, 0.2) is 23.1 Å². The van der Waals surface area contributed by atoms with Gasteiger partial charge in [-0.25, -0.2) is 8.78 Å². The lowest BCUT2D eigenvalue weighted by Gasteiger charge is -1.96. The third-order valence-electron chi connectivity index (χ3n) is 1.02. The zero-order chi connectivity index (χ0) is 8.27. The Bertz CT molecular complexity index is 230. The quantitative estimate of drug-likeness (QED) is 0.659. The average molecular weight is 192 g/mol. The summed E-state index contributed by atoms with van der Waals surface area (Å²) in [7, 11) is 2.80. The summed E-state index contributed by atoms with van der Waals surface area (Å²) in [4.78, 5) is 0.606. The van der Waals surface area contributed by atoms with Crippen molar-refractivity contribution in [3.63, 3.8) is 0 Å². The molecule has 1 aromatic carbocycles. The van der Waals surface area contributed by atoms with Gasteiger partial charge in [0.05, 0.1) is 0 Å². The molecule has 0 aromatic heterocycles. The third kappa shape index (κ3) is 2.71. The summed E-state index contributed by atoms with van der Waals surface area (Å²) < 4.78 is 25.0. The van der Waals surface area contributed by atoms with E-state index in [1.807, 2.05) is 6.26 Å². The van der Waals surface area contributed by atoms with Crippen LogP contribution >= 0.6 is 21.6 Å². The Kier molecular flexibility index (Phi) is 3.20. The van der Waals surface area contributed by atoms with Gasteiger partial charge in [0.2, 0.25) is 0 Å². The maximum absolute atomic E-state index is 12.5. The number of hydrogen-bond acceptors (Lipinski definition) is 2. The molecule has 0 radical (unpaired) electrons. The summed E-state index contributed by atoms with van der Waals surface area (Å²) in [6.45, 7) is 0. The number of halogens is 2. The first-order valence-corrected chi connectivity index (χ1v) is 5.45. The van der Waals surface area contributed by atoms with Gasteiger partial charge in [0.1, 0.15) is 11.6 Å². The van der Waals surface area contributed by atoms with Gasteiger partial charge in [-0.15, -0.1) is 0 Å². The zero-order valence-electron chi connectivity index (χ0n) is 5.80. The van der Waals surface area contributed by atoms with Crippen molar-refractivity contribution in [3.8, 4) is 0 Å². The summed E-state index contributed by atoms with van der Waals surface area (Å²) >= 11 is 0. The Labute approximate surface area is 71.8 Å². The van der Waals surface area contributed by atoms with Crippen molar-refractivity contribution in [1.29, 1.82) is 0 Å². The molecule has 0 fully saturated rings. The van der Waals surface area contributed by atoms with Crippen LogP contribution in [0.4, 0.5) is 8.78 Å². The second-order valence-electron chi connectivity index (χ2n) is 1.86. The van der Waals surface area contributed by atoms with Crippen LogP contribution in [0.25, 0.3) is 0 Å². The van der Waals surface area contributed by atoms with E-state index in [2.05, 4.69) is 0 Å². The number of benzene rings is 1. The molecule has 0 saturated heterocycles. The summed E-state index contributed by atoms with van der Waals surface area (Å²) in [6, 6.07) is 3.49. The molecule has 0 heterocycles. The van der Waals surface area contributed by atoms with E-state index in [0.717, 1.165) is 6.07 Å². The van der Waals surface area contributed by atoms with E-state index in [-0.39, 0.29) is 0 Å². The molecule has 1 rings (SSSR count). The Balaban J connectivity index is 2.89. The molecule has 60 valence electrons. The van der Waals surface area contributed by atoms with Crippen LogP contribution in [-0.2, 0) is 0 Å². The molecular formula is C7H6F2S2. The van der Waals surface area contributed by atoms with Crippen LogP contribution < -0.4 is 0 Å². The van der Waals surface area contributed by atoms with Gasteiger partial charge in [-0.3, -0.25) is 0 Å². The second-order valence-corrected chi connectivity index (χ2v) is 4.33. The molecule has 0 unspecified atom stereocenters. The Morgan fingerprint density at radius 3 is 2.09 bits per heavy atom. The third-order valence-corrected chi connectivity index (χ3v) is 2.69. The lowest BCUT2D eigenvalue weighted by Crippen LogP contribution is -1.79. The van der Waals surface area contributed by atoms with Crippen LogP contribution in [0, 0.1) is 11.6 Å². The fraction of sp³-hybridized carbons (Fsp3) is 0.143. The van der Waals surface area contributed by atoms with Crippen LogP contribution in [0.2, 0.25) is 0 Å². The molecule has 0 amide bonds. The van der Waals surface area contributed by atoms with E-state index >= 15 is 0 Å². The molecule has 0 nitrogen and oxygen atoms in total. The normalized spacial score (nSPS) is 10.1. The lowest BCUT2D eigenvalue weighted by molar-refractivity contribution is 0.577. The monoisotopic (exact) mass is 192 g/mol. The molecule has 0 aliphatic heterocycles. The molecule has 0 atom stereocenters. The first-order valence-electron chi connectivity index (χ1n) is 2.89. The number of rotatable bonds is 2. The van der Waals surface area contributed by atoms with Crippen LogP contribution in [0.5, 0.6) is 0 Å². The smallest absolute Gasteiger partial charge is 0.127 e. The number of hydrogen-bond donors (Lipinski definition) is 0. The van der Waals surface area contributed by atoms with Gasteiger partial charge < -0.3 is 0 Å². The van der Waals surface area contributed by atoms with Gasteiger partial charge in [0.15, 0.2) is 0 Å². The zero-order valence-corrected chi connectivity index (χ0v) is 7.44. The highest BCUT2D eigenvalue weighted by Crippen LogP contribution is 2.29. The summed E-state index contributed by atoms with van der Waals surface area (Å²) in [6.07, 6.45) is 1.85. The van der Waals surface area contributed by atoms with Crippen molar-refractivity contribution < 1.29 is 8.78 Å². The SMILES string of the molecule is CSSc1cc(F)cc(F)c1. The van der Waals surface area contributed by atoms with Crippen molar-refractivity contribution in [1.82, 2.24) is 0 Å².